The van der Waals surface area contributed by atoms with Gasteiger partial charge in [0.05, 0.1) is 10.9 Å². The minimum absolute atomic E-state index is 0.0518. The number of aromatic nitrogens is 2. The Kier molecular flexibility index (Phi) is 7.54. The summed E-state index contributed by atoms with van der Waals surface area (Å²) in [5, 5.41) is 3.70. The number of anilines is 1. The lowest BCUT2D eigenvalue weighted by Crippen LogP contribution is -2.51. The molecule has 1 aliphatic heterocycles. The molecule has 1 saturated carbocycles. The van der Waals surface area contributed by atoms with E-state index in [1.807, 2.05) is 4.90 Å². The van der Waals surface area contributed by atoms with E-state index in [1.54, 1.807) is 18.5 Å². The van der Waals surface area contributed by atoms with Gasteiger partial charge in [-0.2, -0.15) is 0 Å². The van der Waals surface area contributed by atoms with Gasteiger partial charge < -0.3 is 15.1 Å². The molecule has 2 fully saturated rings. The van der Waals surface area contributed by atoms with E-state index in [9.17, 15) is 9.18 Å². The summed E-state index contributed by atoms with van der Waals surface area (Å²) in [4.78, 5) is 27.1. The van der Waals surface area contributed by atoms with Gasteiger partial charge in [0.1, 0.15) is 18.0 Å². The van der Waals surface area contributed by atoms with Crippen LogP contribution in [0, 0.1) is 5.82 Å². The Balaban J connectivity index is 1.29. The molecule has 1 aromatic carbocycles. The zero-order valence-electron chi connectivity index (χ0n) is 20.5. The monoisotopic (exact) mass is 499 g/mol. The molecule has 0 spiro atoms. The van der Waals surface area contributed by atoms with Crippen LogP contribution in [-0.4, -0.2) is 59.5 Å². The number of hydrogen-bond acceptors (Lipinski definition) is 5. The second kappa shape index (κ2) is 10.8. The summed E-state index contributed by atoms with van der Waals surface area (Å²) in [6, 6.07) is 5.20. The van der Waals surface area contributed by atoms with Crippen LogP contribution in [0.2, 0.25) is 5.02 Å². The predicted molar refractivity (Wildman–Crippen MR) is 137 cm³/mol. The Morgan fingerprint density at radius 1 is 1.14 bits per heavy atom. The summed E-state index contributed by atoms with van der Waals surface area (Å²) >= 11 is 5.94. The van der Waals surface area contributed by atoms with Gasteiger partial charge in [0, 0.05) is 50.0 Å². The van der Waals surface area contributed by atoms with E-state index in [4.69, 9.17) is 11.6 Å². The molecule has 1 aromatic heterocycles. The molecule has 2 atom stereocenters. The number of nitrogens with zero attached hydrogens (tertiary/aromatic N) is 4. The number of hydrogen-bond donors (Lipinski definition) is 1. The summed E-state index contributed by atoms with van der Waals surface area (Å²) in [6.45, 7) is 5.48. The minimum atomic E-state index is -0.476. The Morgan fingerprint density at radius 3 is 2.66 bits per heavy atom. The van der Waals surface area contributed by atoms with Crippen molar-refractivity contribution < 1.29 is 9.18 Å². The van der Waals surface area contributed by atoms with E-state index >= 15 is 0 Å². The zero-order chi connectivity index (χ0) is 24.4. The van der Waals surface area contributed by atoms with E-state index in [0.29, 0.717) is 37.2 Å². The van der Waals surface area contributed by atoms with Crippen LogP contribution in [-0.2, 0) is 11.2 Å². The molecule has 2 heterocycles. The highest BCUT2D eigenvalue weighted by atomic mass is 35.5. The third kappa shape index (κ3) is 5.31. The second-order valence-electron chi connectivity index (χ2n) is 10.3. The maximum absolute atomic E-state index is 14.3. The van der Waals surface area contributed by atoms with Crippen molar-refractivity contribution in [3.05, 3.63) is 52.2 Å². The van der Waals surface area contributed by atoms with E-state index in [2.05, 4.69) is 27.1 Å². The van der Waals surface area contributed by atoms with Gasteiger partial charge in [-0.15, -0.1) is 0 Å². The third-order valence-electron chi connectivity index (χ3n) is 8.00. The predicted octanol–water partition coefficient (Wildman–Crippen LogP) is 4.67. The largest absolute Gasteiger partial charge is 0.353 e. The molecule has 0 radical (unpaired) electrons. The van der Waals surface area contributed by atoms with E-state index in [-0.39, 0.29) is 10.9 Å². The highest BCUT2D eigenvalue weighted by Gasteiger charge is 2.32. The Labute approximate surface area is 212 Å². The molecular weight excluding hydrogens is 465 g/mol. The van der Waals surface area contributed by atoms with Gasteiger partial charge in [-0.3, -0.25) is 4.79 Å². The van der Waals surface area contributed by atoms with Crippen LogP contribution in [0.4, 0.5) is 10.2 Å². The third-order valence-corrected chi connectivity index (χ3v) is 8.31. The molecule has 0 unspecified atom stereocenters. The molecule has 188 valence electrons. The normalized spacial score (nSPS) is 21.7. The van der Waals surface area contributed by atoms with Crippen LogP contribution in [0.25, 0.3) is 0 Å². The average Bonchev–Trinajstić information content (AvgIpc) is 3.28. The lowest BCUT2D eigenvalue weighted by Gasteiger charge is -2.38. The number of carbonyl (C=O) groups excluding carboxylic acids is 1. The van der Waals surface area contributed by atoms with Crippen LogP contribution in [0.15, 0.2) is 24.5 Å². The smallest absolute Gasteiger partial charge is 0.231 e. The molecule has 2 aliphatic carbocycles. The Hall–Kier alpha value is -2.25. The number of halogens is 2. The number of benzene rings is 1. The van der Waals surface area contributed by atoms with E-state index < -0.39 is 11.7 Å². The first-order valence-electron chi connectivity index (χ1n) is 13.1. The van der Waals surface area contributed by atoms with Gasteiger partial charge in [0.15, 0.2) is 0 Å². The second-order valence-corrected chi connectivity index (χ2v) is 10.7. The summed E-state index contributed by atoms with van der Waals surface area (Å²) in [6.07, 6.45) is 9.79. The van der Waals surface area contributed by atoms with Crippen LogP contribution in [0.1, 0.15) is 74.1 Å². The summed E-state index contributed by atoms with van der Waals surface area (Å²) in [5.74, 6) is 0.643. The zero-order valence-corrected chi connectivity index (χ0v) is 21.2. The van der Waals surface area contributed by atoms with Crippen molar-refractivity contribution in [2.24, 2.45) is 0 Å². The number of nitrogens with one attached hydrogen (secondary N) is 1. The van der Waals surface area contributed by atoms with Gasteiger partial charge in [0.2, 0.25) is 5.91 Å². The Morgan fingerprint density at radius 2 is 1.91 bits per heavy atom. The lowest BCUT2D eigenvalue weighted by molar-refractivity contribution is -0.133. The molecule has 0 bridgehead atoms. The van der Waals surface area contributed by atoms with Crippen molar-refractivity contribution in [3.8, 4) is 0 Å². The molecule has 6 nitrogen and oxygen atoms in total. The maximum atomic E-state index is 14.3. The summed E-state index contributed by atoms with van der Waals surface area (Å²) < 4.78 is 14.3. The number of amides is 1. The summed E-state index contributed by atoms with van der Waals surface area (Å²) in [7, 11) is 0. The standard InChI is InChI=1S/C27H35ClFN5O/c1-18-7-10-24-25(18)26(32-17-31-24)33-11-13-34(14-12-33)27(35)21(16-30-20-5-3-2-4-6-20)19-8-9-22(28)23(29)15-19/h8-9,15,17-18,20-21,30H,2-7,10-14,16H2,1H3/t18-,21-/m1/s1. The first-order valence-corrected chi connectivity index (χ1v) is 13.4. The van der Waals surface area contributed by atoms with Crippen molar-refractivity contribution >= 4 is 23.3 Å². The fraction of sp³-hybridized carbons (Fsp3) is 0.593. The van der Waals surface area contributed by atoms with E-state index in [0.717, 1.165) is 44.6 Å². The molecule has 1 amide bonds. The first kappa shape index (κ1) is 24.4. The van der Waals surface area contributed by atoms with Crippen molar-refractivity contribution in [1.82, 2.24) is 20.2 Å². The quantitative estimate of drug-likeness (QED) is 0.625. The molecule has 35 heavy (non-hydrogen) atoms. The fourth-order valence-electron chi connectivity index (χ4n) is 5.90. The lowest BCUT2D eigenvalue weighted by atomic mass is 9.93. The van der Waals surface area contributed by atoms with Crippen molar-refractivity contribution in [2.75, 3.05) is 37.6 Å². The van der Waals surface area contributed by atoms with Gasteiger partial charge in [0.25, 0.3) is 0 Å². The summed E-state index contributed by atoms with van der Waals surface area (Å²) in [5.41, 5.74) is 3.13. The minimum Gasteiger partial charge on any atom is -0.353 e. The number of fused-ring (bicyclic) bond motifs is 1. The Bertz CT molecular complexity index is 1050. The molecule has 8 heteroatoms. The number of piperazine rings is 1. The number of aryl methyl sites for hydroxylation is 1. The SMILES string of the molecule is C[C@@H]1CCc2ncnc(N3CCN(C(=O)[C@H](CNC4CCCCC4)c4ccc(Cl)c(F)c4)CC3)c21. The van der Waals surface area contributed by atoms with Crippen LogP contribution >= 0.6 is 11.6 Å². The van der Waals surface area contributed by atoms with Crippen LogP contribution < -0.4 is 10.2 Å². The van der Waals surface area contributed by atoms with Crippen molar-refractivity contribution in [1.29, 1.82) is 0 Å². The van der Waals surface area contributed by atoms with Gasteiger partial charge in [-0.25, -0.2) is 14.4 Å². The highest BCUT2D eigenvalue weighted by molar-refractivity contribution is 6.30. The molecule has 2 aromatic rings. The number of carbonyl (C=O) groups is 1. The first-order chi connectivity index (χ1) is 17.0. The molecule has 1 saturated heterocycles. The van der Waals surface area contributed by atoms with Gasteiger partial charge in [-0.05, 0) is 49.3 Å². The van der Waals surface area contributed by atoms with E-state index in [1.165, 1.54) is 36.6 Å². The molecule has 1 N–H and O–H groups in total. The molecule has 5 rings (SSSR count). The van der Waals surface area contributed by atoms with Crippen molar-refractivity contribution in [3.63, 3.8) is 0 Å². The van der Waals surface area contributed by atoms with Gasteiger partial charge >= 0.3 is 0 Å². The van der Waals surface area contributed by atoms with Crippen LogP contribution in [0.3, 0.4) is 0 Å². The van der Waals surface area contributed by atoms with Crippen molar-refractivity contribution in [2.45, 2.75) is 69.7 Å². The average molecular weight is 500 g/mol. The van der Waals surface area contributed by atoms with Gasteiger partial charge in [-0.1, -0.05) is 43.9 Å². The maximum Gasteiger partial charge on any atom is 0.231 e. The molecular formula is C27H35ClFN5O. The fourth-order valence-corrected chi connectivity index (χ4v) is 6.02. The molecule has 3 aliphatic rings. The topological polar surface area (TPSA) is 61.4 Å². The highest BCUT2D eigenvalue weighted by Crippen LogP contribution is 2.37. The van der Waals surface area contributed by atoms with Crippen LogP contribution in [0.5, 0.6) is 0 Å². The number of rotatable bonds is 6.